The lowest BCUT2D eigenvalue weighted by Crippen LogP contribution is -2.30. The Morgan fingerprint density at radius 1 is 1.31 bits per heavy atom. The van der Waals surface area contributed by atoms with Crippen LogP contribution in [0.3, 0.4) is 0 Å². The quantitative estimate of drug-likeness (QED) is 0.441. The highest BCUT2D eigenvalue weighted by Crippen LogP contribution is 1.98. The summed E-state index contributed by atoms with van der Waals surface area (Å²) in [4.78, 5) is 0. The summed E-state index contributed by atoms with van der Waals surface area (Å²) in [6.45, 7) is 3.92. The first kappa shape index (κ1) is 13.2. The summed E-state index contributed by atoms with van der Waals surface area (Å²) < 4.78 is 33.6. The normalized spacial score (nSPS) is 11.9. The molecule has 0 atom stereocenters. The number of imidazole rings is 1. The SMILES string of the molecule is CCn1cc[n+](CCCCCS(=O)(=O)O)c1. The van der Waals surface area contributed by atoms with Gasteiger partial charge in [-0.1, -0.05) is 0 Å². The first-order valence-corrected chi connectivity index (χ1v) is 7.12. The molecular weight excluding hydrogens is 228 g/mol. The number of nitrogens with zero attached hydrogens (tertiary/aromatic N) is 2. The number of hydrogen-bond donors (Lipinski definition) is 1. The van der Waals surface area contributed by atoms with Crippen molar-refractivity contribution in [3.05, 3.63) is 18.7 Å². The second kappa shape index (κ2) is 6.00. The lowest BCUT2D eigenvalue weighted by molar-refractivity contribution is -0.696. The monoisotopic (exact) mass is 247 g/mol. The summed E-state index contributed by atoms with van der Waals surface area (Å²) in [5.41, 5.74) is 0. The van der Waals surface area contributed by atoms with Gasteiger partial charge in [0.15, 0.2) is 0 Å². The number of aromatic nitrogens is 2. The van der Waals surface area contributed by atoms with Gasteiger partial charge in [0, 0.05) is 0 Å². The van der Waals surface area contributed by atoms with E-state index < -0.39 is 10.1 Å². The van der Waals surface area contributed by atoms with Crippen molar-refractivity contribution < 1.29 is 17.5 Å². The molecule has 0 saturated carbocycles. The summed E-state index contributed by atoms with van der Waals surface area (Å²) in [5, 5.41) is 0. The molecule has 0 aliphatic rings. The van der Waals surface area contributed by atoms with Crippen LogP contribution in [-0.2, 0) is 23.2 Å². The van der Waals surface area contributed by atoms with Crippen LogP contribution in [0.4, 0.5) is 0 Å². The molecule has 1 N–H and O–H groups in total. The summed E-state index contributed by atoms with van der Waals surface area (Å²) in [6.07, 6.45) is 8.30. The van der Waals surface area contributed by atoms with E-state index in [1.165, 1.54) is 0 Å². The van der Waals surface area contributed by atoms with Crippen LogP contribution in [0.5, 0.6) is 0 Å². The van der Waals surface area contributed by atoms with E-state index in [0.29, 0.717) is 6.42 Å². The van der Waals surface area contributed by atoms with Crippen molar-refractivity contribution in [2.45, 2.75) is 39.3 Å². The second-order valence-corrected chi connectivity index (χ2v) is 5.40. The van der Waals surface area contributed by atoms with Crippen molar-refractivity contribution >= 4 is 10.1 Å². The molecule has 0 spiro atoms. The Balaban J connectivity index is 2.16. The largest absolute Gasteiger partial charge is 0.286 e. The van der Waals surface area contributed by atoms with E-state index in [2.05, 4.69) is 16.1 Å². The molecule has 1 aromatic rings. The average Bonchev–Trinajstić information content (AvgIpc) is 2.63. The fourth-order valence-electron chi connectivity index (χ4n) is 1.51. The van der Waals surface area contributed by atoms with Gasteiger partial charge >= 0.3 is 0 Å². The standard InChI is InChI=1S/C10H18N2O3S/c1-2-11-7-8-12(10-11)6-4-3-5-9-16(13,14)15/h7-8,10H,2-6,9H2,1H3/p+1. The third kappa shape index (κ3) is 5.27. The van der Waals surface area contributed by atoms with Gasteiger partial charge in [0.05, 0.1) is 18.8 Å². The predicted octanol–water partition coefficient (Wildman–Crippen LogP) is 0.854. The Labute approximate surface area is 96.5 Å². The van der Waals surface area contributed by atoms with Crippen molar-refractivity contribution in [3.8, 4) is 0 Å². The van der Waals surface area contributed by atoms with Gasteiger partial charge in [-0.15, -0.1) is 0 Å². The fraction of sp³-hybridized carbons (Fsp3) is 0.700. The zero-order chi connectivity index (χ0) is 12.0. The summed E-state index contributed by atoms with van der Waals surface area (Å²) >= 11 is 0. The summed E-state index contributed by atoms with van der Waals surface area (Å²) in [6, 6.07) is 0. The Morgan fingerprint density at radius 3 is 2.62 bits per heavy atom. The molecule has 0 aliphatic carbocycles. The highest BCUT2D eigenvalue weighted by Gasteiger charge is 2.04. The number of aryl methyl sites for hydroxylation is 2. The van der Waals surface area contributed by atoms with Crippen molar-refractivity contribution in [1.29, 1.82) is 0 Å². The summed E-state index contributed by atoms with van der Waals surface area (Å²) in [7, 11) is -3.78. The lowest BCUT2D eigenvalue weighted by atomic mass is 10.2. The maximum absolute atomic E-state index is 10.5. The van der Waals surface area contributed by atoms with Crippen molar-refractivity contribution in [3.63, 3.8) is 0 Å². The van der Waals surface area contributed by atoms with Gasteiger partial charge < -0.3 is 0 Å². The van der Waals surface area contributed by atoms with E-state index in [4.69, 9.17) is 4.55 Å². The highest BCUT2D eigenvalue weighted by atomic mass is 32.2. The Morgan fingerprint density at radius 2 is 2.06 bits per heavy atom. The molecule has 16 heavy (non-hydrogen) atoms. The maximum atomic E-state index is 10.5. The molecule has 92 valence electrons. The van der Waals surface area contributed by atoms with E-state index in [0.717, 1.165) is 25.9 Å². The van der Waals surface area contributed by atoms with Crippen LogP contribution in [0.1, 0.15) is 26.2 Å². The van der Waals surface area contributed by atoms with Crippen LogP contribution in [0.2, 0.25) is 0 Å². The van der Waals surface area contributed by atoms with Gasteiger partial charge in [-0.25, -0.2) is 9.13 Å². The summed E-state index contributed by atoms with van der Waals surface area (Å²) in [5.74, 6) is -0.131. The molecule has 0 aliphatic heterocycles. The first-order valence-electron chi connectivity index (χ1n) is 5.51. The maximum Gasteiger partial charge on any atom is 0.264 e. The van der Waals surface area contributed by atoms with Crippen molar-refractivity contribution in [2.24, 2.45) is 0 Å². The molecule has 0 fully saturated rings. The third-order valence-electron chi connectivity index (χ3n) is 2.43. The minimum Gasteiger partial charge on any atom is -0.286 e. The molecule has 0 saturated heterocycles. The average molecular weight is 247 g/mol. The van der Waals surface area contributed by atoms with Crippen molar-refractivity contribution in [1.82, 2.24) is 4.57 Å². The number of unbranched alkanes of at least 4 members (excludes halogenated alkanes) is 2. The zero-order valence-corrected chi connectivity index (χ0v) is 10.4. The number of rotatable bonds is 7. The van der Waals surface area contributed by atoms with E-state index in [-0.39, 0.29) is 5.75 Å². The van der Waals surface area contributed by atoms with Crippen LogP contribution in [0.25, 0.3) is 0 Å². The van der Waals surface area contributed by atoms with Gasteiger partial charge in [-0.2, -0.15) is 8.42 Å². The molecular formula is C10H19N2O3S+. The van der Waals surface area contributed by atoms with E-state index in [1.54, 1.807) is 0 Å². The molecule has 1 aromatic heterocycles. The first-order chi connectivity index (χ1) is 7.51. The van der Waals surface area contributed by atoms with Crippen LogP contribution in [0.15, 0.2) is 18.7 Å². The molecule has 5 nitrogen and oxygen atoms in total. The Bertz CT molecular complexity index is 411. The topological polar surface area (TPSA) is 63.2 Å². The minimum absolute atomic E-state index is 0.131. The molecule has 0 aromatic carbocycles. The van der Waals surface area contributed by atoms with Crippen LogP contribution in [-0.4, -0.2) is 23.3 Å². The second-order valence-electron chi connectivity index (χ2n) is 3.83. The predicted molar refractivity (Wildman–Crippen MR) is 60.6 cm³/mol. The Hall–Kier alpha value is -0.880. The number of hydrogen-bond acceptors (Lipinski definition) is 2. The van der Waals surface area contributed by atoms with E-state index in [9.17, 15) is 8.42 Å². The molecule has 0 unspecified atom stereocenters. The van der Waals surface area contributed by atoms with E-state index in [1.807, 2.05) is 18.7 Å². The van der Waals surface area contributed by atoms with Gasteiger partial charge in [-0.3, -0.25) is 4.55 Å². The van der Waals surface area contributed by atoms with Crippen LogP contribution < -0.4 is 4.57 Å². The molecule has 0 radical (unpaired) electrons. The molecule has 6 heteroatoms. The van der Waals surface area contributed by atoms with Crippen LogP contribution in [0, 0.1) is 0 Å². The van der Waals surface area contributed by atoms with Crippen molar-refractivity contribution in [2.75, 3.05) is 5.75 Å². The highest BCUT2D eigenvalue weighted by molar-refractivity contribution is 7.85. The van der Waals surface area contributed by atoms with Gasteiger partial charge in [-0.05, 0) is 26.2 Å². The third-order valence-corrected chi connectivity index (χ3v) is 3.23. The minimum atomic E-state index is -3.78. The zero-order valence-electron chi connectivity index (χ0n) is 9.54. The lowest BCUT2D eigenvalue weighted by Gasteiger charge is -1.97. The fourth-order valence-corrected chi connectivity index (χ4v) is 2.08. The van der Waals surface area contributed by atoms with E-state index >= 15 is 0 Å². The molecule has 0 bridgehead atoms. The van der Waals surface area contributed by atoms with Gasteiger partial charge in [0.25, 0.3) is 10.1 Å². The van der Waals surface area contributed by atoms with Crippen LogP contribution >= 0.6 is 0 Å². The molecule has 0 amide bonds. The smallest absolute Gasteiger partial charge is 0.264 e. The van der Waals surface area contributed by atoms with Gasteiger partial charge in [0.2, 0.25) is 6.33 Å². The Kier molecular flexibility index (Phi) is 4.95. The molecule has 1 heterocycles. The van der Waals surface area contributed by atoms with Gasteiger partial charge in [0.1, 0.15) is 12.4 Å². The molecule has 1 rings (SSSR count).